The van der Waals surface area contributed by atoms with Crippen molar-refractivity contribution in [1.82, 2.24) is 5.32 Å². The van der Waals surface area contributed by atoms with Crippen LogP contribution in [-0.4, -0.2) is 38.4 Å². The molecule has 1 aromatic carbocycles. The third kappa shape index (κ3) is 3.43. The van der Waals surface area contributed by atoms with Crippen LogP contribution in [0.5, 0.6) is 17.2 Å². The Bertz CT molecular complexity index is 685. The molecular formula is C17H19N3O4. The van der Waals surface area contributed by atoms with Crippen molar-refractivity contribution in [3.63, 3.8) is 0 Å². The molecule has 2 aliphatic rings. The molecule has 2 heterocycles. The Morgan fingerprint density at radius 3 is 2.88 bits per heavy atom. The fourth-order valence-electron chi connectivity index (χ4n) is 2.55. The maximum Gasteiger partial charge on any atom is 0.251 e. The Balaban J connectivity index is 1.60. The second kappa shape index (κ2) is 6.79. The SMILES string of the molecule is C#CCCC1(CCNC(=O)c2cc(OC)c3c(c2)OCCO3)N=N1. The molecule has 0 atom stereocenters. The second-order valence-corrected chi connectivity index (χ2v) is 5.60. The third-order valence-corrected chi connectivity index (χ3v) is 3.95. The van der Waals surface area contributed by atoms with E-state index in [2.05, 4.69) is 21.5 Å². The van der Waals surface area contributed by atoms with Gasteiger partial charge in [-0.1, -0.05) is 0 Å². The summed E-state index contributed by atoms with van der Waals surface area (Å²) in [6, 6.07) is 3.30. The lowest BCUT2D eigenvalue weighted by molar-refractivity contribution is 0.0950. The number of ether oxygens (including phenoxy) is 3. The van der Waals surface area contributed by atoms with E-state index in [-0.39, 0.29) is 5.91 Å². The van der Waals surface area contributed by atoms with E-state index in [1.807, 2.05) is 0 Å². The molecule has 0 fully saturated rings. The molecule has 0 aliphatic carbocycles. The largest absolute Gasteiger partial charge is 0.493 e. The number of carbonyl (C=O) groups is 1. The summed E-state index contributed by atoms with van der Waals surface area (Å²) in [6.45, 7) is 1.37. The van der Waals surface area contributed by atoms with Crippen LogP contribution in [0.25, 0.3) is 0 Å². The standard InChI is InChI=1S/C17H19N3O4/c1-3-4-5-17(19-20-17)6-7-18-16(21)12-10-13(22-2)15-14(11-12)23-8-9-24-15/h1,10-11H,4-9H2,2H3,(H,18,21). The van der Waals surface area contributed by atoms with E-state index in [0.29, 0.717) is 55.4 Å². The molecule has 1 aromatic rings. The summed E-state index contributed by atoms with van der Waals surface area (Å²) in [6.07, 6.45) is 7.25. The van der Waals surface area contributed by atoms with Gasteiger partial charge in [-0.2, -0.15) is 10.2 Å². The molecule has 0 saturated heterocycles. The summed E-state index contributed by atoms with van der Waals surface area (Å²) in [4.78, 5) is 12.4. The number of nitrogens with one attached hydrogen (secondary N) is 1. The Labute approximate surface area is 140 Å². The monoisotopic (exact) mass is 329 g/mol. The van der Waals surface area contributed by atoms with Crippen molar-refractivity contribution in [3.05, 3.63) is 17.7 Å². The molecule has 0 bridgehead atoms. The number of nitrogens with zero attached hydrogens (tertiary/aromatic N) is 2. The fourth-order valence-corrected chi connectivity index (χ4v) is 2.55. The molecule has 0 unspecified atom stereocenters. The van der Waals surface area contributed by atoms with Crippen LogP contribution in [0, 0.1) is 12.3 Å². The number of amides is 1. The minimum absolute atomic E-state index is 0.210. The first kappa shape index (κ1) is 16.1. The van der Waals surface area contributed by atoms with Crippen molar-refractivity contribution in [2.24, 2.45) is 10.2 Å². The Morgan fingerprint density at radius 1 is 1.38 bits per heavy atom. The average molecular weight is 329 g/mol. The van der Waals surface area contributed by atoms with E-state index in [0.717, 1.165) is 6.42 Å². The molecule has 7 nitrogen and oxygen atoms in total. The molecule has 0 aromatic heterocycles. The highest BCUT2D eigenvalue weighted by Crippen LogP contribution is 2.40. The number of carbonyl (C=O) groups excluding carboxylic acids is 1. The van der Waals surface area contributed by atoms with Crippen molar-refractivity contribution in [1.29, 1.82) is 0 Å². The topological polar surface area (TPSA) is 81.5 Å². The maximum atomic E-state index is 12.4. The normalized spacial score (nSPS) is 16.2. The predicted octanol–water partition coefficient (Wildman–Crippen LogP) is 2.16. The molecule has 7 heteroatoms. The van der Waals surface area contributed by atoms with Gasteiger partial charge in [0.15, 0.2) is 17.2 Å². The van der Waals surface area contributed by atoms with Crippen LogP contribution >= 0.6 is 0 Å². The summed E-state index contributed by atoms with van der Waals surface area (Å²) in [5.41, 5.74) is 0.0582. The van der Waals surface area contributed by atoms with Gasteiger partial charge in [0.25, 0.3) is 5.91 Å². The van der Waals surface area contributed by atoms with Gasteiger partial charge in [-0.25, -0.2) is 0 Å². The lowest BCUT2D eigenvalue weighted by Crippen LogP contribution is -2.28. The highest BCUT2D eigenvalue weighted by Gasteiger charge is 2.38. The molecule has 0 spiro atoms. The van der Waals surface area contributed by atoms with Crippen molar-refractivity contribution in [3.8, 4) is 29.6 Å². The molecule has 0 radical (unpaired) electrons. The van der Waals surface area contributed by atoms with Gasteiger partial charge >= 0.3 is 0 Å². The van der Waals surface area contributed by atoms with Gasteiger partial charge < -0.3 is 19.5 Å². The zero-order valence-electron chi connectivity index (χ0n) is 13.5. The number of rotatable bonds is 7. The van der Waals surface area contributed by atoms with Gasteiger partial charge in [0.1, 0.15) is 13.2 Å². The molecule has 0 saturated carbocycles. The Morgan fingerprint density at radius 2 is 2.17 bits per heavy atom. The van der Waals surface area contributed by atoms with Gasteiger partial charge in [-0.15, -0.1) is 12.3 Å². The van der Waals surface area contributed by atoms with Gasteiger partial charge in [0, 0.05) is 31.4 Å². The van der Waals surface area contributed by atoms with E-state index in [1.54, 1.807) is 12.1 Å². The summed E-state index contributed by atoms with van der Waals surface area (Å²) in [7, 11) is 1.53. The van der Waals surface area contributed by atoms with Gasteiger partial charge in [0.05, 0.1) is 7.11 Å². The number of terminal acetylenes is 1. The zero-order chi connectivity index (χ0) is 17.0. The minimum atomic E-state index is -0.399. The third-order valence-electron chi connectivity index (χ3n) is 3.95. The smallest absolute Gasteiger partial charge is 0.251 e. The first-order valence-electron chi connectivity index (χ1n) is 7.81. The number of hydrogen-bond acceptors (Lipinski definition) is 6. The number of fused-ring (bicyclic) bond motifs is 1. The number of benzene rings is 1. The molecule has 3 rings (SSSR count). The van der Waals surface area contributed by atoms with Crippen molar-refractivity contribution >= 4 is 5.91 Å². The van der Waals surface area contributed by atoms with Gasteiger partial charge in [-0.3, -0.25) is 4.79 Å². The minimum Gasteiger partial charge on any atom is -0.493 e. The highest BCUT2D eigenvalue weighted by atomic mass is 16.6. The van der Waals surface area contributed by atoms with Crippen molar-refractivity contribution < 1.29 is 19.0 Å². The van der Waals surface area contributed by atoms with Crippen LogP contribution in [0.2, 0.25) is 0 Å². The van der Waals surface area contributed by atoms with Crippen LogP contribution in [0.15, 0.2) is 22.4 Å². The van der Waals surface area contributed by atoms with Crippen LogP contribution < -0.4 is 19.5 Å². The van der Waals surface area contributed by atoms with Crippen LogP contribution in [0.1, 0.15) is 29.6 Å². The quantitative estimate of drug-likeness (QED) is 0.777. The number of hydrogen-bond donors (Lipinski definition) is 1. The van der Waals surface area contributed by atoms with Gasteiger partial charge in [-0.05, 0) is 12.1 Å². The summed E-state index contributed by atoms with van der Waals surface area (Å²) in [5, 5.41) is 11.0. The van der Waals surface area contributed by atoms with E-state index < -0.39 is 5.66 Å². The first-order chi connectivity index (χ1) is 11.7. The fraction of sp³-hybridized carbons (Fsp3) is 0.471. The summed E-state index contributed by atoms with van der Waals surface area (Å²) in [5.74, 6) is 3.90. The van der Waals surface area contributed by atoms with Gasteiger partial charge in [0.2, 0.25) is 5.75 Å². The lowest BCUT2D eigenvalue weighted by Gasteiger charge is -2.21. The molecule has 126 valence electrons. The summed E-state index contributed by atoms with van der Waals surface area (Å²) < 4.78 is 16.3. The van der Waals surface area contributed by atoms with E-state index >= 15 is 0 Å². The second-order valence-electron chi connectivity index (χ2n) is 5.60. The van der Waals surface area contributed by atoms with E-state index in [1.165, 1.54) is 7.11 Å². The maximum absolute atomic E-state index is 12.4. The highest BCUT2D eigenvalue weighted by molar-refractivity contribution is 5.95. The van der Waals surface area contributed by atoms with Crippen LogP contribution in [0.4, 0.5) is 0 Å². The van der Waals surface area contributed by atoms with Crippen LogP contribution in [0.3, 0.4) is 0 Å². The first-order valence-corrected chi connectivity index (χ1v) is 7.81. The van der Waals surface area contributed by atoms with E-state index in [4.69, 9.17) is 20.6 Å². The zero-order valence-corrected chi connectivity index (χ0v) is 13.5. The average Bonchev–Trinajstić information content (AvgIpc) is 3.39. The molecular weight excluding hydrogens is 310 g/mol. The lowest BCUT2D eigenvalue weighted by atomic mass is 10.0. The van der Waals surface area contributed by atoms with E-state index in [9.17, 15) is 4.79 Å². The number of methoxy groups -OCH3 is 1. The molecule has 1 N–H and O–H groups in total. The Hall–Kier alpha value is -2.75. The van der Waals surface area contributed by atoms with Crippen molar-refractivity contribution in [2.45, 2.75) is 24.9 Å². The predicted molar refractivity (Wildman–Crippen MR) is 86.6 cm³/mol. The molecule has 2 aliphatic heterocycles. The molecule has 1 amide bonds. The van der Waals surface area contributed by atoms with Crippen molar-refractivity contribution in [2.75, 3.05) is 26.9 Å². The van der Waals surface area contributed by atoms with Crippen LogP contribution in [-0.2, 0) is 0 Å². The Kier molecular flexibility index (Phi) is 4.56. The molecule has 24 heavy (non-hydrogen) atoms. The summed E-state index contributed by atoms with van der Waals surface area (Å²) >= 11 is 0.